The third kappa shape index (κ3) is 6.24. The molecule has 1 rings (SSSR count). The Morgan fingerprint density at radius 1 is 0.857 bits per heavy atom. The minimum Gasteiger partial charge on any atom is -0.305 e. The van der Waals surface area contributed by atoms with Gasteiger partial charge in [0.25, 0.3) is 0 Å². The van der Waals surface area contributed by atoms with E-state index in [-0.39, 0.29) is 37.0 Å². The second-order valence-corrected chi connectivity index (χ2v) is 16.9. The van der Waals surface area contributed by atoms with Crippen LogP contribution in [-0.2, 0) is 29.4 Å². The van der Waals surface area contributed by atoms with Gasteiger partial charge in [0.05, 0.1) is 37.0 Å². The molecule has 1 aromatic carbocycles. The van der Waals surface area contributed by atoms with Crippen LogP contribution in [0.5, 0.6) is 0 Å². The molecule has 0 atom stereocenters. The van der Waals surface area contributed by atoms with Crippen LogP contribution in [0.3, 0.4) is 0 Å². The van der Waals surface area contributed by atoms with Crippen LogP contribution in [0.2, 0.25) is 0 Å². The SMILES string of the molecule is CCOP(=O)(OCC)c1cc(C(Br)(Br)Br)c(Br)c(C)c1P(=O)(OCC)OCC. The minimum absolute atomic E-state index is 0.150. The molecule has 1 aromatic rings. The fraction of sp³-hybridized carbons (Fsp3) is 0.625. The normalized spacial score (nSPS) is 13.2. The quantitative estimate of drug-likeness (QED) is 0.198. The van der Waals surface area contributed by atoms with Crippen molar-refractivity contribution in [3.05, 3.63) is 21.7 Å². The van der Waals surface area contributed by atoms with Crippen molar-refractivity contribution in [3.8, 4) is 0 Å². The lowest BCUT2D eigenvalue weighted by atomic mass is 10.1. The summed E-state index contributed by atoms with van der Waals surface area (Å²) in [5.74, 6) is 0. The monoisotopic (exact) mass is 690 g/mol. The smallest absolute Gasteiger partial charge is 0.305 e. The highest BCUT2D eigenvalue weighted by atomic mass is 80.0. The van der Waals surface area contributed by atoms with Crippen molar-refractivity contribution in [2.24, 2.45) is 0 Å². The van der Waals surface area contributed by atoms with Crippen molar-refractivity contribution in [2.75, 3.05) is 26.4 Å². The Morgan fingerprint density at radius 2 is 1.25 bits per heavy atom. The standard InChI is InChI=1S/C16H24Br4O6P2/c1-6-23-27(21,24-7-2)13-10-12(16(18,19)20)14(17)11(5)15(13)28(22,25-8-3)26-9-4/h10H,6-9H2,1-5H3. The molecule has 0 heterocycles. The van der Waals surface area contributed by atoms with Gasteiger partial charge in [-0.1, -0.05) is 63.7 Å². The fourth-order valence-electron chi connectivity index (χ4n) is 2.55. The Hall–Kier alpha value is 1.44. The maximum absolute atomic E-state index is 13.7. The first-order chi connectivity index (χ1) is 12.9. The van der Waals surface area contributed by atoms with E-state index in [1.54, 1.807) is 40.7 Å². The topological polar surface area (TPSA) is 71.1 Å². The summed E-state index contributed by atoms with van der Waals surface area (Å²) in [6.07, 6.45) is 0. The van der Waals surface area contributed by atoms with E-state index in [0.29, 0.717) is 15.6 Å². The van der Waals surface area contributed by atoms with E-state index in [1.165, 1.54) is 0 Å². The van der Waals surface area contributed by atoms with E-state index < -0.39 is 17.3 Å². The van der Waals surface area contributed by atoms with Crippen molar-refractivity contribution in [1.82, 2.24) is 0 Å². The Kier molecular flexibility index (Phi) is 11.1. The highest BCUT2D eigenvalue weighted by Crippen LogP contribution is 2.56. The maximum Gasteiger partial charge on any atom is 0.362 e. The third-order valence-corrected chi connectivity index (χ3v) is 10.5. The number of halogens is 4. The molecule has 12 heteroatoms. The zero-order valence-corrected chi connectivity index (χ0v) is 24.4. The summed E-state index contributed by atoms with van der Waals surface area (Å²) in [5.41, 5.74) is 1.21. The van der Waals surface area contributed by atoms with Crippen molar-refractivity contribution >= 4 is 89.5 Å². The largest absolute Gasteiger partial charge is 0.362 e. The van der Waals surface area contributed by atoms with Crippen LogP contribution in [0.15, 0.2) is 10.5 Å². The first-order valence-corrected chi connectivity index (χ1v) is 14.9. The molecule has 0 bridgehead atoms. The molecule has 0 aliphatic heterocycles. The lowest BCUT2D eigenvalue weighted by Crippen LogP contribution is -2.33. The predicted molar refractivity (Wildman–Crippen MR) is 128 cm³/mol. The lowest BCUT2D eigenvalue weighted by Gasteiger charge is -2.28. The molecular weight excluding hydrogens is 670 g/mol. The van der Waals surface area contributed by atoms with E-state index in [1.807, 2.05) is 0 Å². The van der Waals surface area contributed by atoms with Gasteiger partial charge in [-0.2, -0.15) is 0 Å². The van der Waals surface area contributed by atoms with Gasteiger partial charge < -0.3 is 18.1 Å². The van der Waals surface area contributed by atoms with Crippen LogP contribution >= 0.6 is 78.9 Å². The third-order valence-electron chi connectivity index (χ3n) is 3.52. The van der Waals surface area contributed by atoms with Crippen LogP contribution in [0.1, 0.15) is 38.8 Å². The summed E-state index contributed by atoms with van der Waals surface area (Å²) < 4.78 is 49.4. The lowest BCUT2D eigenvalue weighted by molar-refractivity contribution is 0.226. The van der Waals surface area contributed by atoms with Crippen LogP contribution in [-0.4, -0.2) is 26.4 Å². The average Bonchev–Trinajstić information content (AvgIpc) is 2.56. The Balaban J connectivity index is 4.05. The summed E-state index contributed by atoms with van der Waals surface area (Å²) in [4.78, 5) is 0. The number of rotatable bonds is 10. The van der Waals surface area contributed by atoms with E-state index in [2.05, 4.69) is 63.7 Å². The molecule has 0 saturated carbocycles. The molecule has 28 heavy (non-hydrogen) atoms. The number of benzene rings is 1. The Morgan fingerprint density at radius 3 is 1.61 bits per heavy atom. The van der Waals surface area contributed by atoms with Crippen LogP contribution < -0.4 is 10.6 Å². The number of hydrogen-bond donors (Lipinski definition) is 0. The molecule has 0 unspecified atom stereocenters. The first-order valence-electron chi connectivity index (χ1n) is 8.61. The summed E-state index contributed by atoms with van der Waals surface area (Å²) >= 11 is 14.0. The van der Waals surface area contributed by atoms with Crippen molar-refractivity contribution in [2.45, 2.75) is 36.8 Å². The highest BCUT2D eigenvalue weighted by Gasteiger charge is 2.43. The molecular formula is C16H24Br4O6P2. The van der Waals surface area contributed by atoms with Gasteiger partial charge in [0, 0.05) is 10.0 Å². The molecule has 0 radical (unpaired) electrons. The van der Waals surface area contributed by atoms with Gasteiger partial charge >= 0.3 is 15.2 Å². The maximum atomic E-state index is 13.7. The summed E-state index contributed by atoms with van der Waals surface area (Å²) in [6, 6.07) is 1.61. The molecule has 6 nitrogen and oxygen atoms in total. The van der Waals surface area contributed by atoms with Crippen LogP contribution in [0, 0.1) is 6.92 Å². The molecule has 0 fully saturated rings. The summed E-state index contributed by atoms with van der Waals surface area (Å²) in [7, 11) is -7.61. The summed E-state index contributed by atoms with van der Waals surface area (Å²) in [6.45, 7) is 9.22. The molecule has 0 amide bonds. The average molecular weight is 694 g/mol. The Labute approximate surface area is 200 Å². The number of alkyl halides is 3. The van der Waals surface area contributed by atoms with Gasteiger partial charge in [-0.3, -0.25) is 9.13 Å². The molecule has 0 aliphatic rings. The van der Waals surface area contributed by atoms with E-state index in [4.69, 9.17) is 18.1 Å². The first kappa shape index (κ1) is 27.5. The second kappa shape index (κ2) is 11.3. The van der Waals surface area contributed by atoms with E-state index >= 15 is 0 Å². The van der Waals surface area contributed by atoms with Gasteiger partial charge in [-0.05, 0) is 46.2 Å². The molecule has 0 saturated heterocycles. The van der Waals surface area contributed by atoms with Gasteiger partial charge in [0.15, 0.2) is 2.14 Å². The molecule has 0 aliphatic carbocycles. The zero-order chi connectivity index (χ0) is 21.8. The Bertz CT molecular complexity index is 761. The highest BCUT2D eigenvalue weighted by molar-refractivity contribution is 9.38. The molecule has 0 aromatic heterocycles. The van der Waals surface area contributed by atoms with Gasteiger partial charge in [0.2, 0.25) is 0 Å². The van der Waals surface area contributed by atoms with Gasteiger partial charge in [-0.25, -0.2) is 0 Å². The molecule has 0 N–H and O–H groups in total. The zero-order valence-electron chi connectivity index (χ0n) is 16.3. The van der Waals surface area contributed by atoms with E-state index in [9.17, 15) is 9.13 Å². The fourth-order valence-corrected chi connectivity index (χ4v) is 9.41. The van der Waals surface area contributed by atoms with Crippen LogP contribution in [0.4, 0.5) is 0 Å². The van der Waals surface area contributed by atoms with Crippen LogP contribution in [0.25, 0.3) is 0 Å². The van der Waals surface area contributed by atoms with Gasteiger partial charge in [0.1, 0.15) is 0 Å². The predicted octanol–water partition coefficient (Wildman–Crippen LogP) is 6.84. The minimum atomic E-state index is -3.81. The summed E-state index contributed by atoms with van der Waals surface area (Å²) in [5, 5.41) is 0.341. The van der Waals surface area contributed by atoms with E-state index in [0.717, 1.165) is 0 Å². The van der Waals surface area contributed by atoms with Crippen molar-refractivity contribution in [3.63, 3.8) is 0 Å². The van der Waals surface area contributed by atoms with Crippen molar-refractivity contribution < 1.29 is 27.2 Å². The van der Waals surface area contributed by atoms with Gasteiger partial charge in [-0.15, -0.1) is 0 Å². The van der Waals surface area contributed by atoms with Crippen molar-refractivity contribution in [1.29, 1.82) is 0 Å². The molecule has 0 spiro atoms. The second-order valence-electron chi connectivity index (χ2n) is 5.39. The number of hydrogen-bond acceptors (Lipinski definition) is 6. The molecule has 162 valence electrons.